The fourth-order valence-corrected chi connectivity index (χ4v) is 2.21. The molecule has 1 unspecified atom stereocenters. The number of methoxy groups -OCH3 is 1. The number of nitrogens with two attached hydrogens (primary N) is 1. The summed E-state index contributed by atoms with van der Waals surface area (Å²) in [4.78, 5) is 24.1. The van der Waals surface area contributed by atoms with Gasteiger partial charge in [0, 0.05) is 19.1 Å². The Labute approximate surface area is 151 Å². The first-order valence-corrected chi connectivity index (χ1v) is 8.03. The van der Waals surface area contributed by atoms with E-state index < -0.39 is 18.2 Å². The Kier molecular flexibility index (Phi) is 6.43. The molecule has 2 rings (SSSR count). The minimum absolute atomic E-state index is 0.143. The van der Waals surface area contributed by atoms with Crippen LogP contribution in [0.4, 0.5) is 5.69 Å². The highest BCUT2D eigenvalue weighted by molar-refractivity contribution is 5.96. The monoisotopic (exact) mass is 359 g/mol. The van der Waals surface area contributed by atoms with Crippen molar-refractivity contribution in [3.8, 4) is 11.5 Å². The zero-order valence-corrected chi connectivity index (χ0v) is 14.9. The van der Waals surface area contributed by atoms with E-state index in [2.05, 4.69) is 0 Å². The van der Waals surface area contributed by atoms with Crippen molar-refractivity contribution in [2.75, 3.05) is 19.5 Å². The van der Waals surface area contributed by atoms with Gasteiger partial charge in [-0.2, -0.15) is 0 Å². The van der Waals surface area contributed by atoms with Crippen LogP contribution in [-0.4, -0.2) is 31.9 Å². The Bertz CT molecular complexity index is 775. The molecule has 7 heteroatoms. The van der Waals surface area contributed by atoms with Gasteiger partial charge in [0.05, 0.1) is 30.5 Å². The molecule has 0 bridgehead atoms. The number of carbonyl (C=O) groups excluding carboxylic acids is 2. The number of nitrogen functional groups attached to an aromatic ring is 1. The molecule has 1 atom stereocenters. The first-order chi connectivity index (χ1) is 12.5. The molecular formula is C19H21NO6. The molecule has 138 valence electrons. The van der Waals surface area contributed by atoms with Crippen LogP contribution in [0.15, 0.2) is 42.5 Å². The second kappa shape index (κ2) is 8.75. The van der Waals surface area contributed by atoms with Gasteiger partial charge in [0.1, 0.15) is 0 Å². The smallest absolute Gasteiger partial charge is 0.341 e. The molecule has 26 heavy (non-hydrogen) atoms. The molecule has 0 aliphatic heterocycles. The first kappa shape index (κ1) is 19.1. The highest BCUT2D eigenvalue weighted by Gasteiger charge is 2.19. The molecule has 0 aliphatic carbocycles. The Morgan fingerprint density at radius 3 is 2.38 bits per heavy atom. The van der Waals surface area contributed by atoms with Crippen molar-refractivity contribution < 1.29 is 28.5 Å². The Balaban J connectivity index is 2.17. The van der Waals surface area contributed by atoms with E-state index >= 15 is 0 Å². The molecule has 0 heterocycles. The van der Waals surface area contributed by atoms with Gasteiger partial charge in [-0.05, 0) is 19.1 Å². The van der Waals surface area contributed by atoms with Crippen LogP contribution in [0, 0.1) is 0 Å². The van der Waals surface area contributed by atoms with E-state index in [1.165, 1.54) is 19.2 Å². The van der Waals surface area contributed by atoms with Crippen molar-refractivity contribution in [1.82, 2.24) is 0 Å². The highest BCUT2D eigenvalue weighted by atomic mass is 16.7. The quantitative estimate of drug-likeness (QED) is 0.461. The number of esters is 2. The lowest BCUT2D eigenvalue weighted by molar-refractivity contribution is -0.0382. The SMILES string of the molecule is CCOC(=O)c1cc(OC(C)OC(=O)c2ccccc2)c(OC)cc1N. The fourth-order valence-electron chi connectivity index (χ4n) is 2.21. The van der Waals surface area contributed by atoms with E-state index in [1.54, 1.807) is 44.2 Å². The van der Waals surface area contributed by atoms with Gasteiger partial charge in [-0.1, -0.05) is 18.2 Å². The fraction of sp³-hybridized carbons (Fsp3) is 0.263. The third-order valence-electron chi connectivity index (χ3n) is 3.41. The predicted octanol–water partition coefficient (Wildman–Crippen LogP) is 3.04. The normalized spacial score (nSPS) is 11.3. The molecule has 0 aromatic heterocycles. The Hall–Kier alpha value is -3.22. The van der Waals surface area contributed by atoms with Gasteiger partial charge in [-0.25, -0.2) is 9.59 Å². The second-order valence-corrected chi connectivity index (χ2v) is 5.27. The number of rotatable bonds is 7. The standard InChI is InChI=1S/C19H21NO6/c1-4-24-19(22)14-10-17(16(23-3)11-15(14)20)25-12(2)26-18(21)13-8-6-5-7-9-13/h5-12H,4,20H2,1-3H3. The zero-order valence-electron chi connectivity index (χ0n) is 14.9. The maximum absolute atomic E-state index is 12.1. The lowest BCUT2D eigenvalue weighted by Crippen LogP contribution is -2.21. The summed E-state index contributed by atoms with van der Waals surface area (Å²) in [6, 6.07) is 11.4. The topological polar surface area (TPSA) is 97.1 Å². The molecule has 0 aliphatic rings. The van der Waals surface area contributed by atoms with Gasteiger partial charge in [-0.3, -0.25) is 0 Å². The van der Waals surface area contributed by atoms with Crippen LogP contribution in [0.3, 0.4) is 0 Å². The molecule has 0 amide bonds. The average molecular weight is 359 g/mol. The number of anilines is 1. The molecule has 2 aromatic rings. The first-order valence-electron chi connectivity index (χ1n) is 8.03. The zero-order chi connectivity index (χ0) is 19.1. The van der Waals surface area contributed by atoms with E-state index in [0.29, 0.717) is 11.3 Å². The van der Waals surface area contributed by atoms with Crippen molar-refractivity contribution >= 4 is 17.6 Å². The van der Waals surface area contributed by atoms with Gasteiger partial charge in [-0.15, -0.1) is 0 Å². The van der Waals surface area contributed by atoms with Gasteiger partial charge in [0.25, 0.3) is 0 Å². The van der Waals surface area contributed by atoms with Crippen LogP contribution in [0.1, 0.15) is 34.6 Å². The Morgan fingerprint density at radius 2 is 1.77 bits per heavy atom. The molecule has 0 spiro atoms. The molecule has 2 N–H and O–H groups in total. The van der Waals surface area contributed by atoms with Crippen LogP contribution in [0.25, 0.3) is 0 Å². The lowest BCUT2D eigenvalue weighted by Gasteiger charge is -2.18. The summed E-state index contributed by atoms with van der Waals surface area (Å²) in [5, 5.41) is 0. The van der Waals surface area contributed by atoms with Crippen molar-refractivity contribution in [2.24, 2.45) is 0 Å². The van der Waals surface area contributed by atoms with E-state index in [0.717, 1.165) is 0 Å². The van der Waals surface area contributed by atoms with Crippen LogP contribution in [0.2, 0.25) is 0 Å². The molecule has 0 fully saturated rings. The summed E-state index contributed by atoms with van der Waals surface area (Å²) in [6.07, 6.45) is -0.921. The summed E-state index contributed by atoms with van der Waals surface area (Å²) in [7, 11) is 1.44. The van der Waals surface area contributed by atoms with Crippen LogP contribution >= 0.6 is 0 Å². The number of carbonyl (C=O) groups is 2. The van der Waals surface area contributed by atoms with E-state index in [9.17, 15) is 9.59 Å². The molecule has 0 radical (unpaired) electrons. The van der Waals surface area contributed by atoms with E-state index in [-0.39, 0.29) is 23.6 Å². The molecule has 0 saturated heterocycles. The second-order valence-electron chi connectivity index (χ2n) is 5.27. The summed E-state index contributed by atoms with van der Waals surface area (Å²) >= 11 is 0. The van der Waals surface area contributed by atoms with Crippen LogP contribution in [-0.2, 0) is 9.47 Å². The van der Waals surface area contributed by atoms with Crippen LogP contribution < -0.4 is 15.2 Å². The number of ether oxygens (including phenoxy) is 4. The minimum atomic E-state index is -0.921. The molecular weight excluding hydrogens is 338 g/mol. The van der Waals surface area contributed by atoms with Gasteiger partial charge >= 0.3 is 11.9 Å². The third-order valence-corrected chi connectivity index (χ3v) is 3.41. The summed E-state index contributed by atoms with van der Waals surface area (Å²) < 4.78 is 21.1. The average Bonchev–Trinajstić information content (AvgIpc) is 2.63. The number of hydrogen-bond donors (Lipinski definition) is 1. The van der Waals surface area contributed by atoms with E-state index in [1.807, 2.05) is 0 Å². The molecule has 7 nitrogen and oxygen atoms in total. The van der Waals surface area contributed by atoms with Crippen molar-refractivity contribution in [2.45, 2.75) is 20.1 Å². The van der Waals surface area contributed by atoms with Crippen molar-refractivity contribution in [1.29, 1.82) is 0 Å². The van der Waals surface area contributed by atoms with Gasteiger partial charge in [0.15, 0.2) is 11.5 Å². The minimum Gasteiger partial charge on any atom is -0.493 e. The summed E-state index contributed by atoms with van der Waals surface area (Å²) in [5.41, 5.74) is 6.60. The Morgan fingerprint density at radius 1 is 1.08 bits per heavy atom. The lowest BCUT2D eigenvalue weighted by atomic mass is 10.1. The maximum Gasteiger partial charge on any atom is 0.341 e. The number of benzene rings is 2. The molecule has 0 saturated carbocycles. The highest BCUT2D eigenvalue weighted by Crippen LogP contribution is 2.33. The summed E-state index contributed by atoms with van der Waals surface area (Å²) in [5.74, 6) is -0.596. The summed E-state index contributed by atoms with van der Waals surface area (Å²) in [6.45, 7) is 3.46. The third kappa shape index (κ3) is 4.66. The van der Waals surface area contributed by atoms with Crippen LogP contribution in [0.5, 0.6) is 11.5 Å². The maximum atomic E-state index is 12.1. The van der Waals surface area contributed by atoms with Crippen molar-refractivity contribution in [3.05, 3.63) is 53.6 Å². The van der Waals surface area contributed by atoms with Crippen molar-refractivity contribution in [3.63, 3.8) is 0 Å². The molecule has 2 aromatic carbocycles. The van der Waals surface area contributed by atoms with Gasteiger partial charge in [0.2, 0.25) is 6.29 Å². The van der Waals surface area contributed by atoms with Gasteiger partial charge < -0.3 is 24.7 Å². The predicted molar refractivity (Wildman–Crippen MR) is 95.3 cm³/mol. The van der Waals surface area contributed by atoms with E-state index in [4.69, 9.17) is 24.7 Å². The largest absolute Gasteiger partial charge is 0.493 e. The number of hydrogen-bond acceptors (Lipinski definition) is 7.